The second kappa shape index (κ2) is 7.21. The van der Waals surface area contributed by atoms with Crippen LogP contribution in [0.25, 0.3) is 10.9 Å². The minimum atomic E-state index is -0.826. The summed E-state index contributed by atoms with van der Waals surface area (Å²) in [5.41, 5.74) is 2.11. The van der Waals surface area contributed by atoms with Crippen LogP contribution in [0.15, 0.2) is 35.5 Å². The molecule has 5 heteroatoms. The predicted molar refractivity (Wildman–Crippen MR) is 62.5 cm³/mol. The van der Waals surface area contributed by atoms with Crippen molar-refractivity contribution < 1.29 is 20.8 Å². The van der Waals surface area contributed by atoms with E-state index in [-0.39, 0.29) is 0 Å². The third kappa shape index (κ3) is 3.75. The van der Waals surface area contributed by atoms with E-state index in [1.54, 1.807) is 7.05 Å². The molecule has 0 fully saturated rings. The summed E-state index contributed by atoms with van der Waals surface area (Å²) in [6.45, 7) is 0. The molecular weight excluding hydrogens is 310 g/mol. The van der Waals surface area contributed by atoms with Crippen molar-refractivity contribution in [3.8, 4) is 0 Å². The van der Waals surface area contributed by atoms with Crippen molar-refractivity contribution in [1.29, 1.82) is 0 Å². The van der Waals surface area contributed by atoms with Crippen LogP contribution in [0.5, 0.6) is 0 Å². The Morgan fingerprint density at radius 3 is 2.73 bits per heavy atom. The van der Waals surface area contributed by atoms with Gasteiger partial charge in [0.1, 0.15) is 0 Å². The monoisotopic (exact) mass is 317 g/mol. The number of rotatable bonds is 1. The fraction of sp³-hybridized carbons (Fsp3) is 0.100. The molecule has 0 aliphatic carbocycles. The Morgan fingerprint density at radius 1 is 1.33 bits per heavy atom. The van der Waals surface area contributed by atoms with Gasteiger partial charge in [0.25, 0.3) is 0 Å². The van der Waals surface area contributed by atoms with Crippen LogP contribution in [-0.4, -0.2) is 13.3 Å². The number of para-hydroxylation sites is 1. The molecule has 0 bridgehead atoms. The van der Waals surface area contributed by atoms with Gasteiger partial charge in [-0.25, -0.2) is 0 Å². The zero-order valence-electron chi connectivity index (χ0n) is 8.11. The van der Waals surface area contributed by atoms with E-state index < -0.39 is 20.8 Å². The van der Waals surface area contributed by atoms with Gasteiger partial charge in [0.15, 0.2) is 0 Å². The van der Waals surface area contributed by atoms with Gasteiger partial charge in [-0.3, -0.25) is 4.99 Å². The Hall–Kier alpha value is -0.107. The number of fused-ring (bicyclic) bond motifs is 1. The van der Waals surface area contributed by atoms with E-state index in [2.05, 4.69) is 16.0 Å². The molecule has 1 aromatic heterocycles. The molecule has 0 aliphatic heterocycles. The Bertz CT molecular complexity index is 440. The van der Waals surface area contributed by atoms with Crippen molar-refractivity contribution in [2.75, 3.05) is 7.05 Å². The first-order chi connectivity index (χ1) is 7.33. The van der Waals surface area contributed by atoms with Crippen LogP contribution in [0.2, 0.25) is 0 Å². The minimum absolute atomic E-state index is 0.826. The zero-order chi connectivity index (χ0) is 11.1. The average Bonchev–Trinajstić information content (AvgIpc) is 2.68. The van der Waals surface area contributed by atoms with Crippen molar-refractivity contribution in [1.82, 2.24) is 4.98 Å². The van der Waals surface area contributed by atoms with Crippen LogP contribution < -0.4 is 4.98 Å². The number of nitrogens with zero attached hydrogens (tertiary/aromatic N) is 2. The molecule has 15 heavy (non-hydrogen) atoms. The third-order valence-corrected chi connectivity index (χ3v) is 1.82. The molecule has 0 radical (unpaired) electrons. The van der Waals surface area contributed by atoms with Gasteiger partial charge in [-0.1, -0.05) is 24.3 Å². The van der Waals surface area contributed by atoms with Crippen molar-refractivity contribution in [3.63, 3.8) is 0 Å². The average molecular weight is 319 g/mol. The summed E-state index contributed by atoms with van der Waals surface area (Å²) in [4.78, 5) is 8.22. The number of aliphatic imine (C=N–C) groups is 1. The SMILES string of the molecule is CN=Cc1cccc2cc[n-]c12.[Cl][Zr][Cl]. The standard InChI is InChI=1S/C10H9N2.2ClH.Zr/c1-11-7-9-4-2-3-8-5-6-12-10(8)9;;;/h2-7H,1H3;2*1H;/q-1;;;+2/p-2. The maximum atomic E-state index is 4.93. The van der Waals surface area contributed by atoms with E-state index in [0.29, 0.717) is 0 Å². The van der Waals surface area contributed by atoms with Crippen LogP contribution in [0.4, 0.5) is 0 Å². The summed E-state index contributed by atoms with van der Waals surface area (Å²) >= 11 is -0.826. The maximum absolute atomic E-state index is 4.93. The van der Waals surface area contributed by atoms with Gasteiger partial charge < -0.3 is 4.98 Å². The second-order valence-electron chi connectivity index (χ2n) is 2.69. The zero-order valence-corrected chi connectivity index (χ0v) is 12.1. The predicted octanol–water partition coefficient (Wildman–Crippen LogP) is 3.22. The molecule has 0 aliphatic rings. The Kier molecular flexibility index (Phi) is 6.23. The first kappa shape index (κ1) is 13.0. The molecule has 0 amide bonds. The van der Waals surface area contributed by atoms with E-state index >= 15 is 0 Å². The molecule has 0 atom stereocenters. The fourth-order valence-electron chi connectivity index (χ4n) is 1.30. The molecular formula is C10H9Cl2N2Zr-. The molecule has 2 aromatic rings. The summed E-state index contributed by atoms with van der Waals surface area (Å²) in [6.07, 6.45) is 3.65. The van der Waals surface area contributed by atoms with E-state index in [1.807, 2.05) is 30.6 Å². The molecule has 0 saturated carbocycles. The molecule has 78 valence electrons. The first-order valence-corrected chi connectivity index (χ1v) is 10.6. The second-order valence-corrected chi connectivity index (χ2v) is 6.42. The van der Waals surface area contributed by atoms with E-state index in [0.717, 1.165) is 11.1 Å². The number of benzene rings is 1. The van der Waals surface area contributed by atoms with Gasteiger partial charge in [-0.15, -0.1) is 5.52 Å². The van der Waals surface area contributed by atoms with E-state index in [9.17, 15) is 0 Å². The van der Waals surface area contributed by atoms with E-state index in [4.69, 9.17) is 17.0 Å². The van der Waals surface area contributed by atoms with Gasteiger partial charge in [0, 0.05) is 13.3 Å². The molecule has 0 saturated heterocycles. The fourth-order valence-corrected chi connectivity index (χ4v) is 1.30. The van der Waals surface area contributed by atoms with Crippen LogP contribution in [0, 0.1) is 0 Å². The summed E-state index contributed by atoms with van der Waals surface area (Å²) in [7, 11) is 11.6. The molecule has 1 heterocycles. The molecule has 0 N–H and O–H groups in total. The number of hydrogen-bond donors (Lipinski definition) is 0. The molecule has 1 aromatic carbocycles. The number of hydrogen-bond acceptors (Lipinski definition) is 1. The summed E-state index contributed by atoms with van der Waals surface area (Å²) in [5, 5.41) is 1.17. The first-order valence-electron chi connectivity index (χ1n) is 4.22. The van der Waals surface area contributed by atoms with Gasteiger partial charge in [0.2, 0.25) is 0 Å². The van der Waals surface area contributed by atoms with Crippen molar-refractivity contribution >= 4 is 34.1 Å². The van der Waals surface area contributed by atoms with Crippen LogP contribution in [-0.2, 0) is 20.8 Å². The van der Waals surface area contributed by atoms with Crippen LogP contribution in [0.1, 0.15) is 5.56 Å². The molecule has 2 nitrogen and oxygen atoms in total. The van der Waals surface area contributed by atoms with Crippen molar-refractivity contribution in [3.05, 3.63) is 36.0 Å². The molecule has 2 rings (SSSR count). The number of aromatic nitrogens is 1. The summed E-state index contributed by atoms with van der Waals surface area (Å²) < 4.78 is 0. The molecule has 0 spiro atoms. The Morgan fingerprint density at radius 2 is 2.07 bits per heavy atom. The summed E-state index contributed by atoms with van der Waals surface area (Å²) in [6, 6.07) is 8.08. The quantitative estimate of drug-likeness (QED) is 0.741. The van der Waals surface area contributed by atoms with Crippen molar-refractivity contribution in [2.45, 2.75) is 0 Å². The van der Waals surface area contributed by atoms with Gasteiger partial charge in [-0.2, -0.15) is 6.20 Å². The third-order valence-electron chi connectivity index (χ3n) is 1.82. The Balaban J connectivity index is 0.000000337. The topological polar surface area (TPSA) is 26.5 Å². The van der Waals surface area contributed by atoms with Crippen LogP contribution >= 0.6 is 17.0 Å². The normalized spacial score (nSPS) is 10.1. The van der Waals surface area contributed by atoms with Gasteiger partial charge >= 0.3 is 37.9 Å². The van der Waals surface area contributed by atoms with Gasteiger partial charge in [0.05, 0.1) is 0 Å². The van der Waals surface area contributed by atoms with Crippen LogP contribution in [0.3, 0.4) is 0 Å². The van der Waals surface area contributed by atoms with Crippen molar-refractivity contribution in [2.24, 2.45) is 4.99 Å². The number of halogens is 2. The summed E-state index contributed by atoms with van der Waals surface area (Å²) in [5.74, 6) is 0. The van der Waals surface area contributed by atoms with E-state index in [1.165, 1.54) is 5.39 Å². The van der Waals surface area contributed by atoms with Gasteiger partial charge in [-0.05, 0) is 10.9 Å². The molecule has 0 unspecified atom stereocenters. The Labute approximate surface area is 107 Å².